The first-order valence-corrected chi connectivity index (χ1v) is 17.4. The molecule has 0 heterocycles. The van der Waals surface area contributed by atoms with Gasteiger partial charge >= 0.3 is 12.0 Å². The van der Waals surface area contributed by atoms with Gasteiger partial charge in [-0.25, -0.2) is 13.2 Å². The average Bonchev–Trinajstić information content (AvgIpc) is 3.07. The standard InChI is InChI=1S/C33H41N5O8S.C2H6/c1-23(2)17-19-37(31(40)22-38(20-18-32(41)42)47(44,45)28-15-13-27(46-4)14-16-28)21-30(39)34-25-9-11-26(12-10-25)35-33(43)36-29-8-6-5-7-24(29)3;1-2/h5-16,23H,17-22H2,1-4H3,(H,34,39)(H,41,42)(H2,35,36,43);1-2H3. The molecule has 0 aliphatic carbocycles. The third-order valence-corrected chi connectivity index (χ3v) is 8.93. The lowest BCUT2D eigenvalue weighted by Crippen LogP contribution is -2.46. The molecule has 13 nitrogen and oxygen atoms in total. The topological polar surface area (TPSA) is 174 Å². The van der Waals surface area contributed by atoms with Gasteiger partial charge in [0.1, 0.15) is 5.75 Å². The largest absolute Gasteiger partial charge is 0.497 e. The summed E-state index contributed by atoms with van der Waals surface area (Å²) in [6.07, 6.45) is 0.0257. The highest BCUT2D eigenvalue weighted by Gasteiger charge is 2.30. The SMILES string of the molecule is CC.COc1ccc(S(=O)(=O)N(CCC(=O)O)CC(=O)N(CCC(C)C)CC(=O)Nc2ccc(NC(=O)Nc3ccccc3C)cc2)cc1. The van der Waals surface area contributed by atoms with E-state index in [9.17, 15) is 32.7 Å². The van der Waals surface area contributed by atoms with Crippen LogP contribution in [0.15, 0.2) is 77.7 Å². The second kappa shape index (κ2) is 19.8. The number of sulfonamides is 1. The Hall–Kier alpha value is -4.95. The summed E-state index contributed by atoms with van der Waals surface area (Å²) in [7, 11) is -2.82. The molecule has 0 atom stereocenters. The van der Waals surface area contributed by atoms with Crippen molar-refractivity contribution in [2.24, 2.45) is 5.92 Å². The quantitative estimate of drug-likeness (QED) is 0.149. The van der Waals surface area contributed by atoms with Crippen LogP contribution in [-0.2, 0) is 24.4 Å². The number of urea groups is 1. The van der Waals surface area contributed by atoms with Crippen molar-refractivity contribution in [2.75, 3.05) is 49.2 Å². The van der Waals surface area contributed by atoms with Gasteiger partial charge in [-0.2, -0.15) is 4.31 Å². The van der Waals surface area contributed by atoms with Crippen molar-refractivity contribution in [1.82, 2.24) is 9.21 Å². The van der Waals surface area contributed by atoms with Gasteiger partial charge in [0.25, 0.3) is 0 Å². The van der Waals surface area contributed by atoms with Gasteiger partial charge in [-0.3, -0.25) is 14.4 Å². The van der Waals surface area contributed by atoms with Crippen molar-refractivity contribution in [2.45, 2.75) is 52.4 Å². The fourth-order valence-corrected chi connectivity index (χ4v) is 5.76. The fourth-order valence-electron chi connectivity index (χ4n) is 4.37. The number of aliphatic carboxylic acids is 1. The number of nitrogens with zero attached hydrogens (tertiary/aromatic N) is 2. The molecule has 0 aromatic heterocycles. The van der Waals surface area contributed by atoms with Crippen LogP contribution in [0.3, 0.4) is 0 Å². The number of aryl methyl sites for hydroxylation is 1. The Labute approximate surface area is 288 Å². The second-order valence-electron chi connectivity index (χ2n) is 11.2. The van der Waals surface area contributed by atoms with Crippen LogP contribution in [0.25, 0.3) is 0 Å². The number of carboxylic acids is 1. The summed E-state index contributed by atoms with van der Waals surface area (Å²) in [5.41, 5.74) is 2.49. The van der Waals surface area contributed by atoms with E-state index in [4.69, 9.17) is 4.74 Å². The molecule has 3 aromatic carbocycles. The first-order valence-electron chi connectivity index (χ1n) is 16.0. The number of nitrogens with one attached hydrogen (secondary N) is 3. The van der Waals surface area contributed by atoms with Crippen LogP contribution in [0.1, 0.15) is 46.1 Å². The van der Waals surface area contributed by atoms with Crippen molar-refractivity contribution < 1.29 is 37.4 Å². The molecule has 4 amide bonds. The maximum atomic E-state index is 13.5. The summed E-state index contributed by atoms with van der Waals surface area (Å²) in [5.74, 6) is -1.78. The smallest absolute Gasteiger partial charge is 0.323 e. The number of hydrogen-bond donors (Lipinski definition) is 4. The Kier molecular flexibility index (Phi) is 16.2. The van der Waals surface area contributed by atoms with E-state index in [1.54, 1.807) is 30.3 Å². The summed E-state index contributed by atoms with van der Waals surface area (Å²) in [6, 6.07) is 18.9. The maximum Gasteiger partial charge on any atom is 0.323 e. The van der Waals surface area contributed by atoms with E-state index < -0.39 is 53.3 Å². The van der Waals surface area contributed by atoms with Crippen LogP contribution >= 0.6 is 0 Å². The van der Waals surface area contributed by atoms with Crippen LogP contribution in [0.4, 0.5) is 21.9 Å². The third kappa shape index (κ3) is 13.2. The van der Waals surface area contributed by atoms with Gasteiger partial charge in [0, 0.05) is 30.2 Å². The Morgan fingerprint density at radius 1 is 0.816 bits per heavy atom. The number of carbonyl (C=O) groups is 4. The Morgan fingerprint density at radius 3 is 1.96 bits per heavy atom. The number of anilines is 3. The molecule has 49 heavy (non-hydrogen) atoms. The van der Waals surface area contributed by atoms with Crippen molar-refractivity contribution in [3.8, 4) is 5.75 Å². The lowest BCUT2D eigenvalue weighted by molar-refractivity contribution is -0.138. The van der Waals surface area contributed by atoms with Crippen molar-refractivity contribution in [3.63, 3.8) is 0 Å². The molecule has 14 heteroatoms. The molecule has 266 valence electrons. The molecule has 3 aromatic rings. The van der Waals surface area contributed by atoms with Crippen LogP contribution < -0.4 is 20.7 Å². The highest BCUT2D eigenvalue weighted by atomic mass is 32.2. The van der Waals surface area contributed by atoms with Gasteiger partial charge in [0.05, 0.1) is 31.5 Å². The number of carbonyl (C=O) groups excluding carboxylic acids is 3. The zero-order valence-corrected chi connectivity index (χ0v) is 29.7. The molecular formula is C35H47N5O8S. The van der Waals surface area contributed by atoms with E-state index in [-0.39, 0.29) is 23.9 Å². The highest BCUT2D eigenvalue weighted by molar-refractivity contribution is 7.89. The number of rotatable bonds is 16. The minimum Gasteiger partial charge on any atom is -0.497 e. The number of para-hydroxylation sites is 1. The molecule has 0 unspecified atom stereocenters. The van der Waals surface area contributed by atoms with Gasteiger partial charge in [0.2, 0.25) is 21.8 Å². The van der Waals surface area contributed by atoms with E-state index in [2.05, 4.69) is 16.0 Å². The van der Waals surface area contributed by atoms with E-state index in [1.165, 1.54) is 36.3 Å². The van der Waals surface area contributed by atoms with Gasteiger partial charge in [0.15, 0.2) is 0 Å². The molecule has 4 N–H and O–H groups in total. The monoisotopic (exact) mass is 697 g/mol. The number of benzene rings is 3. The zero-order chi connectivity index (χ0) is 36.6. The summed E-state index contributed by atoms with van der Waals surface area (Å²) in [4.78, 5) is 51.4. The van der Waals surface area contributed by atoms with E-state index in [1.807, 2.05) is 52.8 Å². The number of amides is 4. The molecule has 0 aliphatic heterocycles. The van der Waals surface area contributed by atoms with Crippen molar-refractivity contribution in [3.05, 3.63) is 78.4 Å². The Bertz CT molecular complexity index is 1650. The van der Waals surface area contributed by atoms with E-state index in [0.717, 1.165) is 9.87 Å². The van der Waals surface area contributed by atoms with Gasteiger partial charge < -0.3 is 30.7 Å². The van der Waals surface area contributed by atoms with Crippen LogP contribution in [0.5, 0.6) is 5.75 Å². The summed E-state index contributed by atoms with van der Waals surface area (Å²) in [6.45, 7) is 8.50. The predicted molar refractivity (Wildman–Crippen MR) is 190 cm³/mol. The molecule has 3 rings (SSSR count). The minimum absolute atomic E-state index is 0.131. The number of ether oxygens (including phenoxy) is 1. The van der Waals surface area contributed by atoms with Gasteiger partial charge in [-0.1, -0.05) is 45.9 Å². The highest BCUT2D eigenvalue weighted by Crippen LogP contribution is 2.21. The molecule has 0 fully saturated rings. The number of methoxy groups -OCH3 is 1. The van der Waals surface area contributed by atoms with Crippen LogP contribution in [0, 0.1) is 12.8 Å². The lowest BCUT2D eigenvalue weighted by Gasteiger charge is -2.27. The second-order valence-corrected chi connectivity index (χ2v) is 13.1. The normalized spacial score (nSPS) is 10.9. The van der Waals surface area contributed by atoms with Crippen LogP contribution in [0.2, 0.25) is 0 Å². The summed E-state index contributed by atoms with van der Waals surface area (Å²) < 4.78 is 32.8. The Balaban J connectivity index is 0.00000409. The average molecular weight is 698 g/mol. The predicted octanol–water partition coefficient (Wildman–Crippen LogP) is 5.65. The van der Waals surface area contributed by atoms with Gasteiger partial charge in [-0.15, -0.1) is 0 Å². The summed E-state index contributed by atoms with van der Waals surface area (Å²) in [5, 5.41) is 17.5. The number of hydrogen-bond acceptors (Lipinski definition) is 7. The number of carboxylic acid groups (broad SMARTS) is 1. The maximum absolute atomic E-state index is 13.5. The molecule has 0 radical (unpaired) electrons. The van der Waals surface area contributed by atoms with Crippen molar-refractivity contribution in [1.29, 1.82) is 0 Å². The fraction of sp³-hybridized carbons (Fsp3) is 0.371. The van der Waals surface area contributed by atoms with Crippen molar-refractivity contribution >= 4 is 50.9 Å². The molecule has 0 spiro atoms. The first kappa shape index (κ1) is 40.2. The molecule has 0 saturated carbocycles. The minimum atomic E-state index is -4.26. The van der Waals surface area contributed by atoms with E-state index in [0.29, 0.717) is 29.2 Å². The van der Waals surface area contributed by atoms with E-state index >= 15 is 0 Å². The molecule has 0 bridgehead atoms. The Morgan fingerprint density at radius 2 is 1.41 bits per heavy atom. The molecule has 0 aliphatic rings. The molecule has 0 saturated heterocycles. The summed E-state index contributed by atoms with van der Waals surface area (Å²) >= 11 is 0. The van der Waals surface area contributed by atoms with Crippen LogP contribution in [-0.4, -0.2) is 79.8 Å². The molecular weight excluding hydrogens is 650 g/mol. The van der Waals surface area contributed by atoms with Gasteiger partial charge in [-0.05, 0) is 79.4 Å². The third-order valence-electron chi connectivity index (χ3n) is 7.07. The first-order chi connectivity index (χ1) is 23.3. The zero-order valence-electron chi connectivity index (χ0n) is 28.9. The lowest BCUT2D eigenvalue weighted by atomic mass is 10.1.